The van der Waals surface area contributed by atoms with Crippen molar-refractivity contribution in [3.05, 3.63) is 70.8 Å². The summed E-state index contributed by atoms with van der Waals surface area (Å²) in [5.41, 5.74) is 4.57. The molecule has 3 aliphatic rings. The molecular weight excluding hydrogens is 440 g/mol. The Bertz CT molecular complexity index is 1010. The third-order valence-electron chi connectivity index (χ3n) is 7.44. The Balaban J connectivity index is 1.16. The highest BCUT2D eigenvalue weighted by molar-refractivity contribution is 7.80. The van der Waals surface area contributed by atoms with Crippen molar-refractivity contribution in [1.82, 2.24) is 10.2 Å². The number of Topliss-reactive ketones (excluding diaryl/α,β-unsaturated/α-hetero) is 1. The second-order valence-corrected chi connectivity index (χ2v) is 10.5. The van der Waals surface area contributed by atoms with Crippen LogP contribution < -0.4 is 5.32 Å². The van der Waals surface area contributed by atoms with Gasteiger partial charge in [0.05, 0.1) is 0 Å². The number of allylic oxidation sites excluding steroid dienone is 5. The van der Waals surface area contributed by atoms with Crippen LogP contribution in [0.1, 0.15) is 66.9 Å². The monoisotopic (exact) mass is 476 g/mol. The van der Waals surface area contributed by atoms with Crippen LogP contribution in [0, 0.1) is 5.92 Å². The topological polar surface area (TPSA) is 49.4 Å². The van der Waals surface area contributed by atoms with Gasteiger partial charge in [-0.05, 0) is 99.3 Å². The number of amides is 1. The molecule has 0 saturated heterocycles. The first kappa shape index (κ1) is 24.7. The lowest BCUT2D eigenvalue weighted by molar-refractivity contribution is -0.117. The maximum Gasteiger partial charge on any atom is 0.244 e. The summed E-state index contributed by atoms with van der Waals surface area (Å²) in [6.07, 6.45) is 18.1. The normalized spacial score (nSPS) is 23.3. The molecular formula is C29H36N2O2S. The standard InChI is InChI=1S/C29H36N2O2S/c1-21(32)25-9-8-24-14-17-31(18-15-26(24)20-25)16-13-22-5-10-27(11-6-22)30-29(33)12-7-23-3-2-4-28(34)19-23/h2-3,7-9,12,19-20,22,27H,4-6,10-11,13-18H2,1H3,(H,30,33)/b12-7+. The van der Waals surface area contributed by atoms with Gasteiger partial charge in [-0.15, -0.1) is 0 Å². The molecule has 1 heterocycles. The average Bonchev–Trinajstić information content (AvgIpc) is 3.04. The van der Waals surface area contributed by atoms with E-state index in [1.807, 2.05) is 30.4 Å². The summed E-state index contributed by atoms with van der Waals surface area (Å²) in [5, 5.41) is 3.18. The number of benzene rings is 1. The molecule has 0 aromatic heterocycles. The van der Waals surface area contributed by atoms with Crippen molar-refractivity contribution >= 4 is 28.8 Å². The van der Waals surface area contributed by atoms with Gasteiger partial charge in [0.2, 0.25) is 5.91 Å². The van der Waals surface area contributed by atoms with Gasteiger partial charge in [-0.1, -0.05) is 36.5 Å². The van der Waals surface area contributed by atoms with E-state index < -0.39 is 0 Å². The van der Waals surface area contributed by atoms with E-state index >= 15 is 0 Å². The summed E-state index contributed by atoms with van der Waals surface area (Å²) in [5.74, 6) is 0.888. The Hall–Kier alpha value is -2.37. The van der Waals surface area contributed by atoms with Crippen LogP contribution in [0.5, 0.6) is 0 Å². The molecule has 180 valence electrons. The van der Waals surface area contributed by atoms with Crippen LogP contribution in [0.2, 0.25) is 0 Å². The predicted octanol–water partition coefficient (Wildman–Crippen LogP) is 5.17. The fraction of sp³-hybridized carbons (Fsp3) is 0.483. The minimum absolute atomic E-state index is 0.00805. The minimum Gasteiger partial charge on any atom is -0.350 e. The van der Waals surface area contributed by atoms with Crippen LogP contribution in [0.4, 0.5) is 0 Å². The smallest absolute Gasteiger partial charge is 0.244 e. The highest BCUT2D eigenvalue weighted by atomic mass is 32.1. The fourth-order valence-electron chi connectivity index (χ4n) is 5.30. The number of rotatable bonds is 7. The summed E-state index contributed by atoms with van der Waals surface area (Å²) in [6.45, 7) is 4.95. The van der Waals surface area contributed by atoms with Crippen molar-refractivity contribution in [3.8, 4) is 0 Å². The lowest BCUT2D eigenvalue weighted by Crippen LogP contribution is -2.37. The Morgan fingerprint density at radius 2 is 1.88 bits per heavy atom. The molecule has 0 atom stereocenters. The SMILES string of the molecule is CC(=O)c1ccc2c(c1)CCN(CCC1CCC(NC(=O)/C=C/C3=CC(=S)CC=C3)CC1)CC2. The molecule has 1 fully saturated rings. The molecule has 2 aliphatic carbocycles. The molecule has 1 aromatic carbocycles. The summed E-state index contributed by atoms with van der Waals surface area (Å²) >= 11 is 5.23. The molecule has 1 N–H and O–H groups in total. The zero-order valence-electron chi connectivity index (χ0n) is 20.2. The second kappa shape index (κ2) is 11.9. The Labute approximate surface area is 209 Å². The largest absolute Gasteiger partial charge is 0.350 e. The molecule has 1 amide bonds. The maximum atomic E-state index is 12.3. The summed E-state index contributed by atoms with van der Waals surface area (Å²) < 4.78 is 0. The zero-order valence-corrected chi connectivity index (χ0v) is 21.0. The van der Waals surface area contributed by atoms with Gasteiger partial charge in [0, 0.05) is 42.1 Å². The molecule has 4 rings (SSSR count). The van der Waals surface area contributed by atoms with E-state index in [2.05, 4.69) is 22.3 Å². The number of carbonyl (C=O) groups is 2. The number of nitrogens with zero attached hydrogens (tertiary/aromatic N) is 1. The average molecular weight is 477 g/mol. The van der Waals surface area contributed by atoms with Crippen molar-refractivity contribution in [1.29, 1.82) is 0 Å². The second-order valence-electron chi connectivity index (χ2n) is 9.95. The van der Waals surface area contributed by atoms with E-state index in [-0.39, 0.29) is 17.7 Å². The van der Waals surface area contributed by atoms with Crippen molar-refractivity contribution in [2.75, 3.05) is 19.6 Å². The van der Waals surface area contributed by atoms with E-state index in [1.165, 1.54) is 30.4 Å². The molecule has 0 bridgehead atoms. The van der Waals surface area contributed by atoms with Crippen molar-refractivity contribution in [2.24, 2.45) is 5.92 Å². The van der Waals surface area contributed by atoms with Crippen LogP contribution in [-0.4, -0.2) is 47.1 Å². The predicted molar refractivity (Wildman–Crippen MR) is 142 cm³/mol. The van der Waals surface area contributed by atoms with Gasteiger partial charge in [0.1, 0.15) is 0 Å². The Morgan fingerprint density at radius 3 is 2.62 bits per heavy atom. The molecule has 5 heteroatoms. The van der Waals surface area contributed by atoms with Crippen molar-refractivity contribution in [2.45, 2.75) is 64.3 Å². The van der Waals surface area contributed by atoms with Gasteiger partial charge in [-0.3, -0.25) is 9.59 Å². The van der Waals surface area contributed by atoms with Gasteiger partial charge < -0.3 is 10.2 Å². The highest BCUT2D eigenvalue weighted by Crippen LogP contribution is 2.28. The molecule has 0 radical (unpaired) electrons. The third-order valence-corrected chi connectivity index (χ3v) is 7.72. The van der Waals surface area contributed by atoms with Crippen LogP contribution in [-0.2, 0) is 17.6 Å². The molecule has 1 saturated carbocycles. The summed E-state index contributed by atoms with van der Waals surface area (Å²) in [4.78, 5) is 27.5. The lowest BCUT2D eigenvalue weighted by Gasteiger charge is -2.30. The van der Waals surface area contributed by atoms with Gasteiger partial charge in [-0.2, -0.15) is 0 Å². The molecule has 1 aliphatic heterocycles. The Morgan fingerprint density at radius 1 is 1.12 bits per heavy atom. The van der Waals surface area contributed by atoms with Crippen molar-refractivity contribution < 1.29 is 9.59 Å². The first-order valence-electron chi connectivity index (χ1n) is 12.7. The quantitative estimate of drug-likeness (QED) is 0.335. The fourth-order valence-corrected chi connectivity index (χ4v) is 5.54. The van der Waals surface area contributed by atoms with E-state index in [9.17, 15) is 9.59 Å². The number of hydrogen-bond donors (Lipinski definition) is 1. The minimum atomic E-state index is -0.00805. The molecule has 34 heavy (non-hydrogen) atoms. The third kappa shape index (κ3) is 7.07. The number of ketones is 1. The van der Waals surface area contributed by atoms with Crippen LogP contribution in [0.15, 0.2) is 54.2 Å². The highest BCUT2D eigenvalue weighted by Gasteiger charge is 2.23. The number of thiocarbonyl (C=S) groups is 1. The lowest BCUT2D eigenvalue weighted by atomic mass is 9.84. The number of carbonyl (C=O) groups excluding carboxylic acids is 2. The number of fused-ring (bicyclic) bond motifs is 1. The molecule has 1 aromatic rings. The molecule has 0 unspecified atom stereocenters. The zero-order chi connectivity index (χ0) is 23.9. The van der Waals surface area contributed by atoms with Crippen LogP contribution >= 0.6 is 12.2 Å². The van der Waals surface area contributed by atoms with Crippen LogP contribution in [0.25, 0.3) is 0 Å². The number of hydrogen-bond acceptors (Lipinski definition) is 4. The first-order chi connectivity index (χ1) is 16.5. The van der Waals surface area contributed by atoms with Crippen molar-refractivity contribution in [3.63, 3.8) is 0 Å². The van der Waals surface area contributed by atoms with E-state index in [4.69, 9.17) is 12.2 Å². The van der Waals surface area contributed by atoms with E-state index in [0.29, 0.717) is 0 Å². The van der Waals surface area contributed by atoms with Gasteiger partial charge >= 0.3 is 0 Å². The van der Waals surface area contributed by atoms with E-state index in [1.54, 1.807) is 13.0 Å². The Kier molecular flexibility index (Phi) is 8.63. The van der Waals surface area contributed by atoms with E-state index in [0.717, 1.165) is 73.7 Å². The first-order valence-corrected chi connectivity index (χ1v) is 13.1. The van der Waals surface area contributed by atoms with Crippen LogP contribution in [0.3, 0.4) is 0 Å². The molecule has 0 spiro atoms. The molecule has 4 nitrogen and oxygen atoms in total. The van der Waals surface area contributed by atoms with Gasteiger partial charge in [-0.25, -0.2) is 0 Å². The summed E-state index contributed by atoms with van der Waals surface area (Å²) in [6, 6.07) is 6.51. The number of nitrogens with one attached hydrogen (secondary N) is 1. The summed E-state index contributed by atoms with van der Waals surface area (Å²) in [7, 11) is 0. The van der Waals surface area contributed by atoms with Gasteiger partial charge in [0.15, 0.2) is 5.78 Å². The van der Waals surface area contributed by atoms with Gasteiger partial charge in [0.25, 0.3) is 0 Å². The maximum absolute atomic E-state index is 12.3.